The average molecular weight is 521 g/mol. The van der Waals surface area contributed by atoms with E-state index in [2.05, 4.69) is 20.5 Å². The zero-order chi connectivity index (χ0) is 25.7. The summed E-state index contributed by atoms with van der Waals surface area (Å²) in [6.45, 7) is 0. The molecular formula is C27H26ClFN6O2. The summed E-state index contributed by atoms with van der Waals surface area (Å²) in [6.07, 6.45) is 6.18. The van der Waals surface area contributed by atoms with Crippen LogP contribution in [0.25, 0.3) is 5.69 Å². The zero-order valence-corrected chi connectivity index (χ0v) is 20.9. The fourth-order valence-electron chi connectivity index (χ4n) is 6.05. The molecule has 0 radical (unpaired) electrons. The highest BCUT2D eigenvalue weighted by Crippen LogP contribution is 2.56. The molecule has 2 fully saturated rings. The Labute approximate surface area is 218 Å². The van der Waals surface area contributed by atoms with Gasteiger partial charge in [0.1, 0.15) is 22.8 Å². The maximum Gasteiger partial charge on any atom is 0.274 e. The smallest absolute Gasteiger partial charge is 0.274 e. The van der Waals surface area contributed by atoms with Gasteiger partial charge in [0.05, 0.1) is 28.9 Å². The highest BCUT2D eigenvalue weighted by atomic mass is 35.5. The van der Waals surface area contributed by atoms with Crippen LogP contribution in [0.1, 0.15) is 53.5 Å². The van der Waals surface area contributed by atoms with E-state index in [1.807, 2.05) is 30.3 Å². The number of hydrogen-bond donors (Lipinski definition) is 2. The van der Waals surface area contributed by atoms with Crippen molar-refractivity contribution in [2.75, 3.05) is 5.32 Å². The number of aliphatic hydroxyl groups is 1. The van der Waals surface area contributed by atoms with Crippen molar-refractivity contribution < 1.29 is 14.3 Å². The summed E-state index contributed by atoms with van der Waals surface area (Å²) in [4.78, 5) is 19.3. The number of fused-ring (bicyclic) bond motifs is 1. The van der Waals surface area contributed by atoms with E-state index in [1.54, 1.807) is 28.9 Å². The first-order chi connectivity index (χ1) is 17.8. The lowest BCUT2D eigenvalue weighted by molar-refractivity contribution is 0.0297. The molecule has 0 bridgehead atoms. The van der Waals surface area contributed by atoms with Gasteiger partial charge in [-0.15, -0.1) is 0 Å². The molecule has 0 spiro atoms. The van der Waals surface area contributed by atoms with Crippen LogP contribution >= 0.6 is 11.6 Å². The summed E-state index contributed by atoms with van der Waals surface area (Å²) in [5.41, 5.74) is 2.07. The summed E-state index contributed by atoms with van der Waals surface area (Å²) in [7, 11) is 1.79. The molecule has 2 aromatic heterocycles. The van der Waals surface area contributed by atoms with Crippen molar-refractivity contribution in [3.63, 3.8) is 0 Å². The molecular weight excluding hydrogens is 495 g/mol. The quantitative estimate of drug-likeness (QED) is 0.392. The third kappa shape index (κ3) is 4.32. The fraction of sp³-hybridized carbons (Fsp3) is 0.333. The van der Waals surface area contributed by atoms with E-state index < -0.39 is 11.4 Å². The molecule has 8 nitrogen and oxygen atoms in total. The number of imidazole rings is 1. The third-order valence-electron chi connectivity index (χ3n) is 7.74. The van der Waals surface area contributed by atoms with Crippen LogP contribution in [-0.4, -0.2) is 35.6 Å². The largest absolute Gasteiger partial charge is 0.383 e. The van der Waals surface area contributed by atoms with Crippen molar-refractivity contribution in [2.24, 2.45) is 18.9 Å². The Balaban J connectivity index is 1.17. The molecule has 0 aliphatic heterocycles. The topological polar surface area (TPSA) is 97.9 Å². The van der Waals surface area contributed by atoms with Crippen LogP contribution in [0.2, 0.25) is 5.02 Å². The molecule has 2 heterocycles. The summed E-state index contributed by atoms with van der Waals surface area (Å²) in [5, 5.41) is 23.2. The monoisotopic (exact) mass is 520 g/mol. The van der Waals surface area contributed by atoms with E-state index in [-0.39, 0.29) is 16.8 Å². The lowest BCUT2D eigenvalue weighted by atomic mass is 9.90. The third-order valence-corrected chi connectivity index (χ3v) is 8.03. The van der Waals surface area contributed by atoms with Gasteiger partial charge in [-0.25, -0.2) is 9.37 Å². The predicted molar refractivity (Wildman–Crippen MR) is 136 cm³/mol. The van der Waals surface area contributed by atoms with Gasteiger partial charge in [-0.05, 0) is 67.9 Å². The number of nitrogens with one attached hydrogen (secondary N) is 1. The Morgan fingerprint density at radius 2 is 1.89 bits per heavy atom. The van der Waals surface area contributed by atoms with E-state index in [4.69, 9.17) is 11.6 Å². The maximum atomic E-state index is 13.5. The number of para-hydroxylation sites is 1. The van der Waals surface area contributed by atoms with Gasteiger partial charge in [0.2, 0.25) is 0 Å². The minimum Gasteiger partial charge on any atom is -0.383 e. The number of aryl methyl sites for hydroxylation is 1. The second kappa shape index (κ2) is 9.08. The first kappa shape index (κ1) is 23.8. The summed E-state index contributed by atoms with van der Waals surface area (Å²) in [6, 6.07) is 13.7. The Hall–Kier alpha value is -3.56. The van der Waals surface area contributed by atoms with Crippen molar-refractivity contribution in [2.45, 2.75) is 37.2 Å². The molecule has 2 N–H and O–H groups in total. The highest BCUT2D eigenvalue weighted by molar-refractivity contribution is 6.31. The van der Waals surface area contributed by atoms with Gasteiger partial charge in [-0.1, -0.05) is 29.8 Å². The van der Waals surface area contributed by atoms with Crippen LogP contribution in [0.3, 0.4) is 0 Å². The second-order valence-corrected chi connectivity index (χ2v) is 10.6. The average Bonchev–Trinajstić information content (AvgIpc) is 3.65. The van der Waals surface area contributed by atoms with Gasteiger partial charge >= 0.3 is 0 Å². The van der Waals surface area contributed by atoms with Crippen molar-refractivity contribution >= 4 is 23.2 Å². The van der Waals surface area contributed by atoms with E-state index in [0.29, 0.717) is 41.8 Å². The van der Waals surface area contributed by atoms with Crippen molar-refractivity contribution in [3.8, 4) is 5.69 Å². The first-order valence-electron chi connectivity index (χ1n) is 12.3. The second-order valence-electron chi connectivity index (χ2n) is 10.2. The molecule has 0 saturated heterocycles. The van der Waals surface area contributed by atoms with Crippen LogP contribution < -0.4 is 5.32 Å². The minimum atomic E-state index is -1.01. The normalized spacial score (nSPS) is 24.8. The summed E-state index contributed by atoms with van der Waals surface area (Å²) >= 11 is 5.87. The van der Waals surface area contributed by atoms with Gasteiger partial charge in [-0.2, -0.15) is 15.0 Å². The molecule has 2 aromatic carbocycles. The predicted octanol–water partition coefficient (Wildman–Crippen LogP) is 4.84. The van der Waals surface area contributed by atoms with Crippen molar-refractivity contribution in [1.29, 1.82) is 0 Å². The summed E-state index contributed by atoms with van der Waals surface area (Å²) in [5.74, 6) is -0.153. The molecule has 10 heteroatoms. The number of amides is 1. The maximum absolute atomic E-state index is 13.5. The van der Waals surface area contributed by atoms with Crippen LogP contribution in [0.5, 0.6) is 0 Å². The molecule has 2 atom stereocenters. The van der Waals surface area contributed by atoms with E-state index >= 15 is 0 Å². The number of carbonyl (C=O) groups is 1. The molecule has 2 aliphatic rings. The first-order valence-corrected chi connectivity index (χ1v) is 12.7. The number of halogens is 2. The lowest BCUT2D eigenvalue weighted by Crippen LogP contribution is -2.24. The Morgan fingerprint density at radius 3 is 2.59 bits per heavy atom. The number of rotatable bonds is 5. The number of benzene rings is 2. The van der Waals surface area contributed by atoms with Crippen LogP contribution in [0, 0.1) is 17.7 Å². The Kier molecular flexibility index (Phi) is 5.84. The minimum absolute atomic E-state index is 0.0528. The van der Waals surface area contributed by atoms with Crippen molar-refractivity contribution in [1.82, 2.24) is 24.5 Å². The van der Waals surface area contributed by atoms with Crippen LogP contribution in [0.4, 0.5) is 10.1 Å². The van der Waals surface area contributed by atoms with Gasteiger partial charge < -0.3 is 15.0 Å². The van der Waals surface area contributed by atoms with Crippen LogP contribution in [-0.2, 0) is 12.6 Å². The molecule has 2 unspecified atom stereocenters. The number of carbonyl (C=O) groups excluding carboxylic acids is 1. The van der Waals surface area contributed by atoms with E-state index in [9.17, 15) is 14.3 Å². The molecule has 2 saturated carbocycles. The van der Waals surface area contributed by atoms with Gasteiger partial charge in [0.25, 0.3) is 5.91 Å². The lowest BCUT2D eigenvalue weighted by Gasteiger charge is -2.22. The number of nitrogens with zero attached hydrogens (tertiary/aromatic N) is 5. The van der Waals surface area contributed by atoms with Gasteiger partial charge in [-0.3, -0.25) is 4.79 Å². The molecule has 190 valence electrons. The Morgan fingerprint density at radius 1 is 1.16 bits per heavy atom. The number of aromatic nitrogens is 5. The van der Waals surface area contributed by atoms with Gasteiger partial charge in [0.15, 0.2) is 0 Å². The van der Waals surface area contributed by atoms with Crippen molar-refractivity contribution in [3.05, 3.63) is 89.0 Å². The summed E-state index contributed by atoms with van der Waals surface area (Å²) < 4.78 is 15.2. The van der Waals surface area contributed by atoms with Gasteiger partial charge in [0, 0.05) is 18.7 Å². The van der Waals surface area contributed by atoms with E-state index in [1.165, 1.54) is 18.2 Å². The molecule has 2 aliphatic carbocycles. The number of hydrogen-bond acceptors (Lipinski definition) is 5. The SMILES string of the molecule is Cn1cnc(C2CC3CC(O)(c4cnn(-c5ccccc5)n4)CC3C2)c1C(=O)Nc1ccc(F)c(Cl)c1. The van der Waals surface area contributed by atoms with Crippen LogP contribution in [0.15, 0.2) is 61.1 Å². The standard InChI is InChI=1S/C27H26ClFN6O2/c1-34-15-30-24(25(34)26(36)32-19-7-8-22(29)21(28)11-19)16-9-17-12-27(37,13-18(17)10-16)23-14-31-35(33-23)20-5-3-2-4-6-20/h2-8,11,14-18,37H,9-10,12-13H2,1H3,(H,32,36). The fourth-order valence-corrected chi connectivity index (χ4v) is 6.23. The number of anilines is 1. The zero-order valence-electron chi connectivity index (χ0n) is 20.2. The molecule has 1 amide bonds. The molecule has 37 heavy (non-hydrogen) atoms. The van der Waals surface area contributed by atoms with E-state index in [0.717, 1.165) is 24.2 Å². The highest BCUT2D eigenvalue weighted by Gasteiger charge is 2.51. The molecule has 4 aromatic rings. The Bertz CT molecular complexity index is 1450. The molecule has 6 rings (SSSR count).